The Morgan fingerprint density at radius 3 is 2.68 bits per heavy atom. The van der Waals surface area contributed by atoms with Crippen LogP contribution >= 0.6 is 15.9 Å². The van der Waals surface area contributed by atoms with Crippen LogP contribution in [0.25, 0.3) is 0 Å². The van der Waals surface area contributed by atoms with Gasteiger partial charge in [-0.15, -0.1) is 0 Å². The number of amides is 1. The number of piperidine rings is 1. The number of nitro groups is 1. The van der Waals surface area contributed by atoms with Crippen LogP contribution in [-0.4, -0.2) is 41.4 Å². The molecule has 0 spiro atoms. The SMILES string of the molecule is CCCN(C(=O)c1ccc([N+](=O)[O-])cc1Br)C1CCNCC1. The summed E-state index contributed by atoms with van der Waals surface area (Å²) in [5, 5.41) is 14.1. The minimum absolute atomic E-state index is 0.0210. The lowest BCUT2D eigenvalue weighted by Crippen LogP contribution is -2.46. The van der Waals surface area contributed by atoms with Gasteiger partial charge in [-0.3, -0.25) is 14.9 Å². The van der Waals surface area contributed by atoms with E-state index < -0.39 is 4.92 Å². The van der Waals surface area contributed by atoms with Gasteiger partial charge in [0.25, 0.3) is 11.6 Å². The van der Waals surface area contributed by atoms with Crippen molar-refractivity contribution in [1.82, 2.24) is 10.2 Å². The Hall–Kier alpha value is -1.47. The molecule has 1 aliphatic rings. The number of hydrogen-bond acceptors (Lipinski definition) is 4. The van der Waals surface area contributed by atoms with Crippen LogP contribution < -0.4 is 5.32 Å². The molecule has 1 heterocycles. The van der Waals surface area contributed by atoms with Crippen molar-refractivity contribution in [3.8, 4) is 0 Å². The van der Waals surface area contributed by atoms with Crippen molar-refractivity contribution in [1.29, 1.82) is 0 Å². The number of hydrogen-bond donors (Lipinski definition) is 1. The second-order valence-electron chi connectivity index (χ2n) is 5.40. The maximum atomic E-state index is 12.8. The normalized spacial score (nSPS) is 15.5. The van der Waals surface area contributed by atoms with Crippen LogP contribution in [0.1, 0.15) is 36.5 Å². The van der Waals surface area contributed by atoms with E-state index in [1.54, 1.807) is 0 Å². The molecule has 6 nitrogen and oxygen atoms in total. The second kappa shape index (κ2) is 7.69. The summed E-state index contributed by atoms with van der Waals surface area (Å²) in [6.07, 6.45) is 2.77. The summed E-state index contributed by atoms with van der Waals surface area (Å²) in [4.78, 5) is 25.1. The fourth-order valence-corrected chi connectivity index (χ4v) is 3.29. The number of rotatable bonds is 5. The summed E-state index contributed by atoms with van der Waals surface area (Å²) >= 11 is 3.30. The van der Waals surface area contributed by atoms with Crippen molar-refractivity contribution in [2.75, 3.05) is 19.6 Å². The fraction of sp³-hybridized carbons (Fsp3) is 0.533. The first kappa shape index (κ1) is 16.9. The van der Waals surface area contributed by atoms with Crippen molar-refractivity contribution < 1.29 is 9.72 Å². The lowest BCUT2D eigenvalue weighted by atomic mass is 10.0. The van der Waals surface area contributed by atoms with Crippen LogP contribution in [0.3, 0.4) is 0 Å². The Kier molecular flexibility index (Phi) is 5.90. The summed E-state index contributed by atoms with van der Waals surface area (Å²) in [5.74, 6) is -0.0597. The van der Waals surface area contributed by atoms with E-state index in [1.165, 1.54) is 18.2 Å². The molecule has 0 aliphatic carbocycles. The van der Waals surface area contributed by atoms with Crippen molar-refractivity contribution in [3.63, 3.8) is 0 Å². The van der Waals surface area contributed by atoms with Gasteiger partial charge in [0.15, 0.2) is 0 Å². The molecule has 1 aliphatic heterocycles. The van der Waals surface area contributed by atoms with Crippen LogP contribution in [0.2, 0.25) is 0 Å². The maximum absolute atomic E-state index is 12.8. The van der Waals surface area contributed by atoms with Crippen LogP contribution in [0.15, 0.2) is 22.7 Å². The Morgan fingerprint density at radius 2 is 2.14 bits per heavy atom. The molecular formula is C15H20BrN3O3. The minimum atomic E-state index is -0.463. The number of halogens is 1. The molecule has 0 radical (unpaired) electrons. The summed E-state index contributed by atoms with van der Waals surface area (Å²) in [6, 6.07) is 4.54. The highest BCUT2D eigenvalue weighted by Crippen LogP contribution is 2.26. The van der Waals surface area contributed by atoms with E-state index in [0.717, 1.165) is 32.4 Å². The van der Waals surface area contributed by atoms with Gasteiger partial charge in [0.05, 0.1) is 10.5 Å². The Bertz CT molecular complexity index is 559. The van der Waals surface area contributed by atoms with Gasteiger partial charge < -0.3 is 10.2 Å². The standard InChI is InChI=1S/C15H20BrN3O3/c1-2-9-18(11-5-7-17-8-6-11)15(20)13-4-3-12(19(21)22)10-14(13)16/h3-4,10-11,17H,2,5-9H2,1H3. The maximum Gasteiger partial charge on any atom is 0.270 e. The van der Waals surface area contributed by atoms with E-state index in [2.05, 4.69) is 21.2 Å². The Morgan fingerprint density at radius 1 is 1.45 bits per heavy atom. The molecule has 0 atom stereocenters. The third-order valence-corrected chi connectivity index (χ3v) is 4.52. The highest BCUT2D eigenvalue weighted by atomic mass is 79.9. The minimum Gasteiger partial charge on any atom is -0.336 e. The Balaban J connectivity index is 2.24. The van der Waals surface area contributed by atoms with Crippen LogP contribution in [-0.2, 0) is 0 Å². The number of non-ortho nitro benzene ring substituents is 1. The number of nitrogens with one attached hydrogen (secondary N) is 1. The summed E-state index contributed by atoms with van der Waals surface area (Å²) < 4.78 is 0.474. The molecule has 1 aromatic carbocycles. The van der Waals surface area contributed by atoms with E-state index in [4.69, 9.17) is 0 Å². The van der Waals surface area contributed by atoms with Crippen molar-refractivity contribution in [2.45, 2.75) is 32.2 Å². The van der Waals surface area contributed by atoms with Gasteiger partial charge in [-0.1, -0.05) is 6.92 Å². The molecule has 0 bridgehead atoms. The average molecular weight is 370 g/mol. The predicted molar refractivity (Wildman–Crippen MR) is 88.0 cm³/mol. The van der Waals surface area contributed by atoms with Crippen molar-refractivity contribution in [2.24, 2.45) is 0 Å². The molecule has 1 N–H and O–H groups in total. The highest BCUT2D eigenvalue weighted by Gasteiger charge is 2.27. The highest BCUT2D eigenvalue weighted by molar-refractivity contribution is 9.10. The molecule has 1 amide bonds. The summed E-state index contributed by atoms with van der Waals surface area (Å²) in [5.41, 5.74) is 0.463. The Labute approximate surface area is 138 Å². The molecule has 1 fully saturated rings. The van der Waals surface area contributed by atoms with Gasteiger partial charge in [-0.05, 0) is 54.3 Å². The van der Waals surface area contributed by atoms with Gasteiger partial charge >= 0.3 is 0 Å². The molecule has 22 heavy (non-hydrogen) atoms. The lowest BCUT2D eigenvalue weighted by Gasteiger charge is -2.34. The first-order valence-corrected chi connectivity index (χ1v) is 8.29. The van der Waals surface area contributed by atoms with E-state index in [9.17, 15) is 14.9 Å². The van der Waals surface area contributed by atoms with E-state index in [0.29, 0.717) is 16.6 Å². The van der Waals surface area contributed by atoms with Crippen molar-refractivity contribution >= 4 is 27.5 Å². The number of nitrogens with zero attached hydrogens (tertiary/aromatic N) is 2. The van der Waals surface area contributed by atoms with Crippen LogP contribution in [0.4, 0.5) is 5.69 Å². The summed E-state index contributed by atoms with van der Waals surface area (Å²) in [6.45, 7) is 4.58. The van der Waals surface area contributed by atoms with Crippen LogP contribution in [0, 0.1) is 10.1 Å². The fourth-order valence-electron chi connectivity index (χ4n) is 2.75. The molecule has 1 aromatic rings. The average Bonchev–Trinajstić information content (AvgIpc) is 2.52. The smallest absolute Gasteiger partial charge is 0.270 e. The first-order valence-electron chi connectivity index (χ1n) is 7.50. The van der Waals surface area contributed by atoms with Gasteiger partial charge in [0.1, 0.15) is 0 Å². The van der Waals surface area contributed by atoms with Gasteiger partial charge in [0, 0.05) is 29.2 Å². The first-order chi connectivity index (χ1) is 10.5. The third-order valence-electron chi connectivity index (χ3n) is 3.87. The molecule has 1 saturated heterocycles. The molecule has 0 unspecified atom stereocenters. The van der Waals surface area contributed by atoms with Gasteiger partial charge in [-0.2, -0.15) is 0 Å². The largest absolute Gasteiger partial charge is 0.336 e. The van der Waals surface area contributed by atoms with Gasteiger partial charge in [0.2, 0.25) is 0 Å². The van der Waals surface area contributed by atoms with E-state index in [-0.39, 0.29) is 17.6 Å². The quantitative estimate of drug-likeness (QED) is 0.639. The molecular weight excluding hydrogens is 350 g/mol. The monoisotopic (exact) mass is 369 g/mol. The lowest BCUT2D eigenvalue weighted by molar-refractivity contribution is -0.384. The predicted octanol–water partition coefficient (Wildman–Crippen LogP) is 2.96. The van der Waals surface area contributed by atoms with E-state index >= 15 is 0 Å². The molecule has 120 valence electrons. The van der Waals surface area contributed by atoms with Crippen LogP contribution in [0.5, 0.6) is 0 Å². The molecule has 2 rings (SSSR count). The molecule has 7 heteroatoms. The van der Waals surface area contributed by atoms with Crippen molar-refractivity contribution in [3.05, 3.63) is 38.3 Å². The zero-order chi connectivity index (χ0) is 16.1. The second-order valence-corrected chi connectivity index (χ2v) is 6.26. The number of benzene rings is 1. The number of carbonyl (C=O) groups excluding carboxylic acids is 1. The zero-order valence-corrected chi connectivity index (χ0v) is 14.1. The third kappa shape index (κ3) is 3.84. The van der Waals surface area contributed by atoms with E-state index in [1.807, 2.05) is 11.8 Å². The summed E-state index contributed by atoms with van der Waals surface area (Å²) in [7, 11) is 0. The molecule has 0 aromatic heterocycles. The number of nitro benzene ring substituents is 1. The topological polar surface area (TPSA) is 75.5 Å². The zero-order valence-electron chi connectivity index (χ0n) is 12.5. The molecule has 0 saturated carbocycles. The van der Waals surface area contributed by atoms with Gasteiger partial charge in [-0.25, -0.2) is 0 Å². The number of carbonyl (C=O) groups is 1.